The summed E-state index contributed by atoms with van der Waals surface area (Å²) in [5.41, 5.74) is 2.24. The molecule has 6 nitrogen and oxygen atoms in total. The summed E-state index contributed by atoms with van der Waals surface area (Å²) >= 11 is 1.38. The van der Waals surface area contributed by atoms with Crippen molar-refractivity contribution in [1.29, 1.82) is 0 Å². The van der Waals surface area contributed by atoms with Crippen LogP contribution in [0.15, 0.2) is 101 Å². The molecule has 0 aliphatic heterocycles. The van der Waals surface area contributed by atoms with Gasteiger partial charge in [-0.1, -0.05) is 36.0 Å². The van der Waals surface area contributed by atoms with Crippen molar-refractivity contribution in [2.45, 2.75) is 10.9 Å². The molecule has 0 bridgehead atoms. The van der Waals surface area contributed by atoms with E-state index in [0.717, 1.165) is 5.56 Å². The quantitative estimate of drug-likeness (QED) is 0.270. The lowest BCUT2D eigenvalue weighted by molar-refractivity contribution is 0.102. The summed E-state index contributed by atoms with van der Waals surface area (Å²) in [6.45, 7) is 0. The molecule has 3 aromatic carbocycles. The van der Waals surface area contributed by atoms with Gasteiger partial charge in [-0.3, -0.25) is 9.36 Å². The van der Waals surface area contributed by atoms with Gasteiger partial charge in [-0.25, -0.2) is 8.78 Å². The molecule has 35 heavy (non-hydrogen) atoms. The number of halogens is 2. The summed E-state index contributed by atoms with van der Waals surface area (Å²) in [6.07, 6.45) is 1.52. The fraction of sp³-hybridized carbons (Fsp3) is 0.0385. The molecule has 0 spiro atoms. The highest BCUT2D eigenvalue weighted by molar-refractivity contribution is 7.98. The van der Waals surface area contributed by atoms with Gasteiger partial charge < -0.3 is 9.73 Å². The lowest BCUT2D eigenvalue weighted by Gasteiger charge is -2.10. The molecule has 1 amide bonds. The number of thioether (sulfide) groups is 1. The summed E-state index contributed by atoms with van der Waals surface area (Å²) < 4.78 is 34.8. The number of carbonyl (C=O) groups is 1. The summed E-state index contributed by atoms with van der Waals surface area (Å²) in [4.78, 5) is 12.5. The summed E-state index contributed by atoms with van der Waals surface area (Å²) in [7, 11) is 0. The van der Waals surface area contributed by atoms with E-state index in [1.54, 1.807) is 47.0 Å². The smallest absolute Gasteiger partial charge is 0.255 e. The van der Waals surface area contributed by atoms with E-state index < -0.39 is 5.82 Å². The third-order valence-electron chi connectivity index (χ3n) is 5.15. The van der Waals surface area contributed by atoms with Gasteiger partial charge in [0.25, 0.3) is 5.91 Å². The van der Waals surface area contributed by atoms with Crippen LogP contribution in [0.25, 0.3) is 17.3 Å². The summed E-state index contributed by atoms with van der Waals surface area (Å²) in [6, 6.07) is 22.5. The zero-order valence-electron chi connectivity index (χ0n) is 18.2. The number of benzene rings is 3. The number of carbonyl (C=O) groups excluding carboxylic acids is 1. The maximum Gasteiger partial charge on any atom is 0.255 e. The van der Waals surface area contributed by atoms with E-state index in [9.17, 15) is 13.6 Å². The third-order valence-corrected chi connectivity index (χ3v) is 6.15. The molecule has 2 aromatic heterocycles. The van der Waals surface area contributed by atoms with Gasteiger partial charge in [0.15, 0.2) is 10.9 Å². The number of amides is 1. The minimum atomic E-state index is -0.404. The number of nitrogens with zero attached hydrogens (tertiary/aromatic N) is 3. The zero-order valence-corrected chi connectivity index (χ0v) is 19.0. The van der Waals surface area contributed by atoms with Crippen LogP contribution in [0, 0.1) is 11.6 Å². The Balaban J connectivity index is 1.33. The van der Waals surface area contributed by atoms with Crippen LogP contribution < -0.4 is 5.32 Å². The van der Waals surface area contributed by atoms with Crippen LogP contribution in [-0.4, -0.2) is 20.7 Å². The Hall–Kier alpha value is -4.24. The van der Waals surface area contributed by atoms with Crippen LogP contribution in [0.2, 0.25) is 0 Å². The molecule has 174 valence electrons. The van der Waals surface area contributed by atoms with E-state index in [1.165, 1.54) is 48.4 Å². The average Bonchev–Trinajstić information content (AvgIpc) is 3.55. The Bertz CT molecular complexity index is 1450. The Morgan fingerprint density at radius 1 is 0.914 bits per heavy atom. The fourth-order valence-corrected chi connectivity index (χ4v) is 4.32. The van der Waals surface area contributed by atoms with Crippen LogP contribution in [0.1, 0.15) is 15.9 Å². The van der Waals surface area contributed by atoms with Gasteiger partial charge >= 0.3 is 0 Å². The van der Waals surface area contributed by atoms with Crippen molar-refractivity contribution in [3.05, 3.63) is 114 Å². The monoisotopic (exact) mass is 488 g/mol. The lowest BCUT2D eigenvalue weighted by Crippen LogP contribution is -2.11. The van der Waals surface area contributed by atoms with Crippen molar-refractivity contribution in [2.75, 3.05) is 5.32 Å². The second kappa shape index (κ2) is 9.94. The molecule has 0 saturated carbocycles. The zero-order chi connectivity index (χ0) is 24.2. The minimum absolute atomic E-state index is 0.293. The number of para-hydroxylation sites is 1. The Morgan fingerprint density at radius 2 is 1.69 bits per heavy atom. The van der Waals surface area contributed by atoms with Gasteiger partial charge in [0.05, 0.1) is 12.0 Å². The molecule has 5 aromatic rings. The van der Waals surface area contributed by atoms with E-state index in [0.29, 0.717) is 39.4 Å². The van der Waals surface area contributed by atoms with Gasteiger partial charge in [0, 0.05) is 17.0 Å². The number of rotatable bonds is 7. The van der Waals surface area contributed by atoms with Crippen molar-refractivity contribution in [3.8, 4) is 17.3 Å². The molecule has 1 N–H and O–H groups in total. The standard InChI is InChI=1S/C26H18F2N4O2S/c27-19-11-13-20(14-12-19)29-25(33)18-9-7-17(8-10-18)16-35-26-31-30-24(23-6-3-15-34-23)32(26)22-5-2-1-4-21(22)28/h1-15H,16H2,(H,29,33). The van der Waals surface area contributed by atoms with Crippen LogP contribution in [0.4, 0.5) is 14.5 Å². The first-order valence-electron chi connectivity index (χ1n) is 10.6. The Labute approximate surface area is 203 Å². The van der Waals surface area contributed by atoms with E-state index in [1.807, 2.05) is 12.1 Å². The average molecular weight is 489 g/mol. The Morgan fingerprint density at radius 3 is 2.40 bits per heavy atom. The lowest BCUT2D eigenvalue weighted by atomic mass is 10.1. The van der Waals surface area contributed by atoms with Gasteiger partial charge in [-0.05, 0) is 66.2 Å². The van der Waals surface area contributed by atoms with Crippen LogP contribution in [-0.2, 0) is 5.75 Å². The van der Waals surface area contributed by atoms with Crippen molar-refractivity contribution in [3.63, 3.8) is 0 Å². The van der Waals surface area contributed by atoms with Crippen molar-refractivity contribution in [1.82, 2.24) is 14.8 Å². The van der Waals surface area contributed by atoms with E-state index in [4.69, 9.17) is 4.42 Å². The van der Waals surface area contributed by atoms with Crippen LogP contribution in [0.5, 0.6) is 0 Å². The maximum atomic E-state index is 14.6. The molecular weight excluding hydrogens is 470 g/mol. The minimum Gasteiger partial charge on any atom is -0.461 e. The maximum absolute atomic E-state index is 14.6. The van der Waals surface area contributed by atoms with E-state index >= 15 is 0 Å². The second-order valence-electron chi connectivity index (χ2n) is 7.52. The molecule has 5 rings (SSSR count). The van der Waals surface area contributed by atoms with Gasteiger partial charge in [0.2, 0.25) is 5.82 Å². The largest absolute Gasteiger partial charge is 0.461 e. The predicted molar refractivity (Wildman–Crippen MR) is 129 cm³/mol. The molecule has 0 radical (unpaired) electrons. The topological polar surface area (TPSA) is 73.0 Å². The van der Waals surface area contributed by atoms with E-state index in [2.05, 4.69) is 15.5 Å². The highest BCUT2D eigenvalue weighted by Crippen LogP contribution is 2.31. The first-order chi connectivity index (χ1) is 17.1. The molecular formula is C26H18F2N4O2S. The highest BCUT2D eigenvalue weighted by atomic mass is 32.2. The van der Waals surface area contributed by atoms with Crippen molar-refractivity contribution in [2.24, 2.45) is 0 Å². The normalized spacial score (nSPS) is 10.9. The number of aromatic nitrogens is 3. The molecule has 9 heteroatoms. The molecule has 0 aliphatic rings. The molecule has 2 heterocycles. The van der Waals surface area contributed by atoms with Crippen LogP contribution in [0.3, 0.4) is 0 Å². The molecule has 0 saturated heterocycles. The fourth-order valence-electron chi connectivity index (χ4n) is 3.42. The third kappa shape index (κ3) is 4.99. The molecule has 0 unspecified atom stereocenters. The van der Waals surface area contributed by atoms with Crippen LogP contribution >= 0.6 is 11.8 Å². The number of hydrogen-bond donors (Lipinski definition) is 1. The molecule has 0 fully saturated rings. The number of nitrogens with one attached hydrogen (secondary N) is 1. The summed E-state index contributed by atoms with van der Waals surface area (Å²) in [5, 5.41) is 11.7. The van der Waals surface area contributed by atoms with Gasteiger partial charge in [-0.15, -0.1) is 10.2 Å². The highest BCUT2D eigenvalue weighted by Gasteiger charge is 2.20. The SMILES string of the molecule is O=C(Nc1ccc(F)cc1)c1ccc(CSc2nnc(-c3ccco3)n2-c2ccccc2F)cc1. The second-order valence-corrected chi connectivity index (χ2v) is 8.46. The van der Waals surface area contributed by atoms with Crippen molar-refractivity contribution >= 4 is 23.4 Å². The Kier molecular flexibility index (Phi) is 6.40. The summed E-state index contributed by atoms with van der Waals surface area (Å²) in [5.74, 6) is 0.327. The predicted octanol–water partition coefficient (Wildman–Crippen LogP) is 6.35. The number of anilines is 1. The molecule has 0 atom stereocenters. The number of hydrogen-bond acceptors (Lipinski definition) is 5. The number of furan rings is 1. The van der Waals surface area contributed by atoms with Crippen molar-refractivity contribution < 1.29 is 18.0 Å². The first kappa shape index (κ1) is 22.5. The molecule has 0 aliphatic carbocycles. The van der Waals surface area contributed by atoms with E-state index in [-0.39, 0.29) is 11.7 Å². The van der Waals surface area contributed by atoms with Gasteiger partial charge in [0.1, 0.15) is 11.6 Å². The van der Waals surface area contributed by atoms with Gasteiger partial charge in [-0.2, -0.15) is 0 Å². The first-order valence-corrected chi connectivity index (χ1v) is 11.6.